The van der Waals surface area contributed by atoms with Crippen molar-refractivity contribution in [2.75, 3.05) is 12.8 Å². The van der Waals surface area contributed by atoms with Crippen LogP contribution in [0, 0.1) is 10.1 Å². The van der Waals surface area contributed by atoms with Gasteiger partial charge in [-0.05, 0) is 12.1 Å². The molecule has 0 saturated heterocycles. The number of benzene rings is 1. The van der Waals surface area contributed by atoms with Crippen molar-refractivity contribution < 1.29 is 14.1 Å². The summed E-state index contributed by atoms with van der Waals surface area (Å²) in [5, 5.41) is 10.9. The van der Waals surface area contributed by atoms with Crippen LogP contribution >= 0.6 is 0 Å². The molecule has 2 rings (SSSR count). The third-order valence-electron chi connectivity index (χ3n) is 2.19. The van der Waals surface area contributed by atoms with Gasteiger partial charge in [-0.15, -0.1) is 0 Å². The van der Waals surface area contributed by atoms with Crippen molar-refractivity contribution >= 4 is 11.7 Å². The van der Waals surface area contributed by atoms with Crippen LogP contribution in [0.1, 0.15) is 0 Å². The molecule has 0 saturated carbocycles. The molecule has 0 amide bonds. The standard InChI is InChI=1S/C10H9N3O4/c1-16-6-2-3-7(8(4-6)13(14)15)9-5-12-10(11)17-9/h2-5H,1H3,(H2,11,12). The van der Waals surface area contributed by atoms with Gasteiger partial charge in [0, 0.05) is 0 Å². The minimum absolute atomic E-state index is 0.0369. The molecule has 0 aliphatic carbocycles. The Morgan fingerprint density at radius 3 is 2.82 bits per heavy atom. The molecule has 1 aromatic heterocycles. The van der Waals surface area contributed by atoms with Gasteiger partial charge < -0.3 is 14.9 Å². The number of hydrogen-bond donors (Lipinski definition) is 1. The van der Waals surface area contributed by atoms with E-state index in [0.717, 1.165) is 0 Å². The first kappa shape index (κ1) is 10.9. The summed E-state index contributed by atoms with van der Waals surface area (Å²) in [5.41, 5.74) is 5.51. The molecule has 88 valence electrons. The average Bonchev–Trinajstić information content (AvgIpc) is 2.75. The zero-order valence-corrected chi connectivity index (χ0v) is 8.91. The fourth-order valence-electron chi connectivity index (χ4n) is 1.41. The van der Waals surface area contributed by atoms with Crippen molar-refractivity contribution in [1.29, 1.82) is 0 Å². The van der Waals surface area contributed by atoms with Gasteiger partial charge >= 0.3 is 0 Å². The van der Waals surface area contributed by atoms with Crippen LogP contribution in [0.15, 0.2) is 28.8 Å². The minimum atomic E-state index is -0.517. The molecule has 1 heterocycles. The van der Waals surface area contributed by atoms with Gasteiger partial charge in [0.1, 0.15) is 5.75 Å². The Morgan fingerprint density at radius 1 is 1.53 bits per heavy atom. The highest BCUT2D eigenvalue weighted by atomic mass is 16.6. The number of nitro groups is 1. The summed E-state index contributed by atoms with van der Waals surface area (Å²) in [4.78, 5) is 14.1. The number of nitro benzene ring substituents is 1. The Balaban J connectivity index is 2.57. The Morgan fingerprint density at radius 2 is 2.29 bits per heavy atom. The molecule has 0 atom stereocenters. The molecule has 2 aromatic rings. The van der Waals surface area contributed by atoms with Crippen LogP contribution in [-0.4, -0.2) is 17.0 Å². The lowest BCUT2D eigenvalue weighted by molar-refractivity contribution is -0.384. The number of nitrogen functional groups attached to an aromatic ring is 1. The lowest BCUT2D eigenvalue weighted by Gasteiger charge is -2.02. The van der Waals surface area contributed by atoms with E-state index in [-0.39, 0.29) is 17.5 Å². The molecule has 2 N–H and O–H groups in total. The van der Waals surface area contributed by atoms with E-state index in [0.29, 0.717) is 11.3 Å². The Hall–Kier alpha value is -2.57. The molecule has 0 bridgehead atoms. The zero-order chi connectivity index (χ0) is 12.4. The van der Waals surface area contributed by atoms with Gasteiger partial charge in [-0.25, -0.2) is 4.98 Å². The van der Waals surface area contributed by atoms with E-state index in [9.17, 15) is 10.1 Å². The molecule has 0 unspecified atom stereocenters. The summed E-state index contributed by atoms with van der Waals surface area (Å²) >= 11 is 0. The quantitative estimate of drug-likeness (QED) is 0.642. The summed E-state index contributed by atoms with van der Waals surface area (Å²) < 4.78 is 9.98. The molecular weight excluding hydrogens is 226 g/mol. The SMILES string of the molecule is COc1ccc(-c2cnc(N)o2)c([N+](=O)[O-])c1. The normalized spacial score (nSPS) is 10.2. The van der Waals surface area contributed by atoms with E-state index in [1.54, 1.807) is 6.07 Å². The Labute approximate surface area is 96.0 Å². The molecule has 7 nitrogen and oxygen atoms in total. The second kappa shape index (κ2) is 4.12. The Bertz CT molecular complexity index is 564. The van der Waals surface area contributed by atoms with E-state index in [1.165, 1.54) is 25.4 Å². The number of ether oxygens (including phenoxy) is 1. The number of anilines is 1. The van der Waals surface area contributed by atoms with E-state index in [4.69, 9.17) is 14.9 Å². The lowest BCUT2D eigenvalue weighted by Crippen LogP contribution is -1.93. The van der Waals surface area contributed by atoms with E-state index >= 15 is 0 Å². The number of aromatic nitrogens is 1. The lowest BCUT2D eigenvalue weighted by atomic mass is 10.1. The number of hydrogen-bond acceptors (Lipinski definition) is 6. The van der Waals surface area contributed by atoms with Crippen molar-refractivity contribution in [1.82, 2.24) is 4.98 Å². The first-order chi connectivity index (χ1) is 8.11. The third-order valence-corrected chi connectivity index (χ3v) is 2.19. The van der Waals surface area contributed by atoms with Gasteiger partial charge in [-0.2, -0.15) is 0 Å². The molecule has 1 aromatic carbocycles. The molecule has 0 spiro atoms. The van der Waals surface area contributed by atoms with Gasteiger partial charge in [-0.3, -0.25) is 10.1 Å². The number of rotatable bonds is 3. The van der Waals surface area contributed by atoms with E-state index in [1.807, 2.05) is 0 Å². The summed E-state index contributed by atoms with van der Waals surface area (Å²) in [5.74, 6) is 0.643. The number of nitrogens with two attached hydrogens (primary N) is 1. The fraction of sp³-hybridized carbons (Fsp3) is 0.100. The predicted molar refractivity (Wildman–Crippen MR) is 59.6 cm³/mol. The van der Waals surface area contributed by atoms with Crippen LogP contribution in [0.5, 0.6) is 5.75 Å². The van der Waals surface area contributed by atoms with Crippen LogP contribution in [0.4, 0.5) is 11.7 Å². The molecule has 0 aliphatic heterocycles. The van der Waals surface area contributed by atoms with Gasteiger partial charge in [0.25, 0.3) is 11.7 Å². The van der Waals surface area contributed by atoms with Crippen LogP contribution in [0.2, 0.25) is 0 Å². The average molecular weight is 235 g/mol. The van der Waals surface area contributed by atoms with Crippen LogP contribution in [-0.2, 0) is 0 Å². The molecule has 0 aliphatic rings. The monoisotopic (exact) mass is 235 g/mol. The van der Waals surface area contributed by atoms with Gasteiger partial charge in [0.15, 0.2) is 5.76 Å². The van der Waals surface area contributed by atoms with Crippen LogP contribution in [0.3, 0.4) is 0 Å². The van der Waals surface area contributed by atoms with E-state index < -0.39 is 4.92 Å². The highest BCUT2D eigenvalue weighted by Crippen LogP contribution is 2.33. The summed E-state index contributed by atoms with van der Waals surface area (Å²) in [6.07, 6.45) is 1.34. The van der Waals surface area contributed by atoms with Crippen molar-refractivity contribution in [2.24, 2.45) is 0 Å². The highest BCUT2D eigenvalue weighted by Gasteiger charge is 2.19. The zero-order valence-electron chi connectivity index (χ0n) is 8.91. The highest BCUT2D eigenvalue weighted by molar-refractivity contribution is 5.70. The summed E-state index contributed by atoms with van der Waals surface area (Å²) in [7, 11) is 1.44. The molecule has 17 heavy (non-hydrogen) atoms. The van der Waals surface area contributed by atoms with Gasteiger partial charge in [0.05, 0.1) is 29.9 Å². The maximum Gasteiger partial charge on any atom is 0.292 e. The fourth-order valence-corrected chi connectivity index (χ4v) is 1.41. The van der Waals surface area contributed by atoms with E-state index in [2.05, 4.69) is 4.98 Å². The smallest absolute Gasteiger partial charge is 0.292 e. The van der Waals surface area contributed by atoms with Crippen LogP contribution < -0.4 is 10.5 Å². The summed E-state index contributed by atoms with van der Waals surface area (Å²) in [6, 6.07) is 4.40. The molecular formula is C10H9N3O4. The van der Waals surface area contributed by atoms with Gasteiger partial charge in [-0.1, -0.05) is 0 Å². The number of nitrogens with zero attached hydrogens (tertiary/aromatic N) is 2. The topological polar surface area (TPSA) is 104 Å². The van der Waals surface area contributed by atoms with Gasteiger partial charge in [0.2, 0.25) is 0 Å². The van der Waals surface area contributed by atoms with Crippen molar-refractivity contribution in [2.45, 2.75) is 0 Å². The third kappa shape index (κ3) is 2.03. The first-order valence-electron chi connectivity index (χ1n) is 4.66. The second-order valence-electron chi connectivity index (χ2n) is 3.20. The van der Waals surface area contributed by atoms with Crippen LogP contribution in [0.25, 0.3) is 11.3 Å². The minimum Gasteiger partial charge on any atom is -0.497 e. The maximum atomic E-state index is 10.9. The molecule has 0 radical (unpaired) electrons. The second-order valence-corrected chi connectivity index (χ2v) is 3.20. The van der Waals surface area contributed by atoms with Crippen molar-refractivity contribution in [3.05, 3.63) is 34.5 Å². The maximum absolute atomic E-state index is 10.9. The molecule has 7 heteroatoms. The molecule has 0 fully saturated rings. The largest absolute Gasteiger partial charge is 0.497 e. The van der Waals surface area contributed by atoms with Crippen molar-refractivity contribution in [3.63, 3.8) is 0 Å². The Kier molecular flexibility index (Phi) is 2.65. The number of oxazole rings is 1. The number of methoxy groups -OCH3 is 1. The first-order valence-corrected chi connectivity index (χ1v) is 4.66. The van der Waals surface area contributed by atoms with Crippen molar-refractivity contribution in [3.8, 4) is 17.1 Å². The summed E-state index contributed by atoms with van der Waals surface area (Å²) in [6.45, 7) is 0. The predicted octanol–water partition coefficient (Wildman–Crippen LogP) is 1.84.